The summed E-state index contributed by atoms with van der Waals surface area (Å²) < 4.78 is 0. The van der Waals surface area contributed by atoms with Crippen LogP contribution in [0.4, 0.5) is 28.4 Å². The van der Waals surface area contributed by atoms with E-state index in [2.05, 4.69) is 5.32 Å². The van der Waals surface area contributed by atoms with Crippen molar-refractivity contribution < 1.29 is 14.8 Å². The maximum atomic E-state index is 11.0. The van der Waals surface area contributed by atoms with E-state index in [-0.39, 0.29) is 11.4 Å². The molecule has 1 N–H and O–H groups in total. The van der Waals surface area contributed by atoms with E-state index in [4.69, 9.17) is 0 Å². The summed E-state index contributed by atoms with van der Waals surface area (Å²) in [6.07, 6.45) is 0. The smallest absolute Gasteiger partial charge is 0.299 e. The summed E-state index contributed by atoms with van der Waals surface area (Å²) in [6, 6.07) is 8.40. The van der Waals surface area contributed by atoms with Gasteiger partial charge in [-0.15, -0.1) is 0 Å². The Hall–Kier alpha value is -3.56. The molecule has 0 radical (unpaired) electrons. The van der Waals surface area contributed by atoms with Crippen LogP contribution in [0.1, 0.15) is 0 Å². The van der Waals surface area contributed by atoms with Crippen LogP contribution in [0.3, 0.4) is 0 Å². The minimum atomic E-state index is -0.749. The molecule has 0 bridgehead atoms. The van der Waals surface area contributed by atoms with Crippen LogP contribution < -0.4 is 5.32 Å². The van der Waals surface area contributed by atoms with Gasteiger partial charge in [-0.3, -0.25) is 30.3 Å². The van der Waals surface area contributed by atoms with Gasteiger partial charge in [0.15, 0.2) is 0 Å². The van der Waals surface area contributed by atoms with Crippen molar-refractivity contribution in [2.45, 2.75) is 0 Å². The van der Waals surface area contributed by atoms with Crippen LogP contribution >= 0.6 is 0 Å². The molecular weight excluding hydrogens is 296 g/mol. The van der Waals surface area contributed by atoms with Gasteiger partial charge in [-0.25, -0.2) is 0 Å². The molecular formula is C12H8N4O6. The first kappa shape index (κ1) is 14.8. The predicted octanol–water partition coefficient (Wildman–Crippen LogP) is 3.15. The zero-order chi connectivity index (χ0) is 16.3. The Kier molecular flexibility index (Phi) is 3.93. The molecule has 0 heterocycles. The van der Waals surface area contributed by atoms with Gasteiger partial charge in [-0.1, -0.05) is 0 Å². The molecule has 10 nitrogen and oxygen atoms in total. The van der Waals surface area contributed by atoms with Gasteiger partial charge in [0.1, 0.15) is 5.69 Å². The molecule has 0 fully saturated rings. The van der Waals surface area contributed by atoms with E-state index in [1.807, 2.05) is 0 Å². The van der Waals surface area contributed by atoms with E-state index >= 15 is 0 Å². The maximum absolute atomic E-state index is 11.0. The second kappa shape index (κ2) is 5.83. The first-order valence-electron chi connectivity index (χ1n) is 5.83. The third kappa shape index (κ3) is 3.12. The molecule has 2 rings (SSSR count). The molecule has 0 aliphatic rings. The number of hydrogen-bond donors (Lipinski definition) is 1. The van der Waals surface area contributed by atoms with Crippen LogP contribution in [0.15, 0.2) is 42.5 Å². The summed E-state index contributed by atoms with van der Waals surface area (Å²) in [7, 11) is 0. The Morgan fingerprint density at radius 2 is 1.27 bits per heavy atom. The fourth-order valence-corrected chi connectivity index (χ4v) is 1.71. The highest BCUT2D eigenvalue weighted by molar-refractivity contribution is 5.72. The molecule has 22 heavy (non-hydrogen) atoms. The summed E-state index contributed by atoms with van der Waals surface area (Å²) in [5.74, 6) is 0. The molecule has 0 saturated carbocycles. The number of anilines is 2. The lowest BCUT2D eigenvalue weighted by Gasteiger charge is -2.06. The van der Waals surface area contributed by atoms with Crippen molar-refractivity contribution >= 4 is 28.4 Å². The Morgan fingerprint density at radius 3 is 1.77 bits per heavy atom. The van der Waals surface area contributed by atoms with E-state index in [0.717, 1.165) is 12.1 Å². The molecule has 0 aliphatic heterocycles. The Labute approximate surface area is 122 Å². The number of nitrogens with zero attached hydrogens (tertiary/aromatic N) is 3. The number of hydrogen-bond acceptors (Lipinski definition) is 7. The topological polar surface area (TPSA) is 141 Å². The van der Waals surface area contributed by atoms with Crippen molar-refractivity contribution in [2.75, 3.05) is 5.32 Å². The minimum absolute atomic E-state index is 0.0458. The lowest BCUT2D eigenvalue weighted by Crippen LogP contribution is -1.99. The minimum Gasteiger partial charge on any atom is -0.350 e. The van der Waals surface area contributed by atoms with Crippen LogP contribution in [0.25, 0.3) is 0 Å². The molecule has 0 saturated heterocycles. The van der Waals surface area contributed by atoms with Gasteiger partial charge < -0.3 is 5.32 Å². The lowest BCUT2D eigenvalue weighted by atomic mass is 10.2. The van der Waals surface area contributed by atoms with Crippen molar-refractivity contribution in [2.24, 2.45) is 0 Å². The third-order valence-corrected chi connectivity index (χ3v) is 2.75. The van der Waals surface area contributed by atoms with E-state index in [0.29, 0.717) is 5.69 Å². The average molecular weight is 304 g/mol. The number of nitro groups is 3. The van der Waals surface area contributed by atoms with Gasteiger partial charge in [0.2, 0.25) is 0 Å². The summed E-state index contributed by atoms with van der Waals surface area (Å²) in [5, 5.41) is 34.9. The Bertz CT molecular complexity index is 759. The van der Waals surface area contributed by atoms with Crippen molar-refractivity contribution in [3.8, 4) is 0 Å². The maximum Gasteiger partial charge on any atom is 0.299 e. The first-order valence-corrected chi connectivity index (χ1v) is 5.83. The average Bonchev–Trinajstić information content (AvgIpc) is 2.47. The molecule has 0 amide bonds. The monoisotopic (exact) mass is 304 g/mol. The SMILES string of the molecule is O=[N+]([O-])c1ccc(Nc2ccc([N+](=O)[O-])cc2[N+](=O)[O-])cc1. The highest BCUT2D eigenvalue weighted by Gasteiger charge is 2.19. The van der Waals surface area contributed by atoms with E-state index < -0.39 is 26.1 Å². The van der Waals surface area contributed by atoms with E-state index in [1.54, 1.807) is 0 Å². The lowest BCUT2D eigenvalue weighted by molar-refractivity contribution is -0.393. The summed E-state index contributed by atoms with van der Waals surface area (Å²) in [5.41, 5.74) is -0.566. The Balaban J connectivity index is 2.34. The van der Waals surface area contributed by atoms with E-state index in [1.165, 1.54) is 30.3 Å². The molecule has 0 atom stereocenters. The zero-order valence-corrected chi connectivity index (χ0v) is 10.8. The van der Waals surface area contributed by atoms with E-state index in [9.17, 15) is 30.3 Å². The molecule has 0 aliphatic carbocycles. The van der Waals surface area contributed by atoms with Gasteiger partial charge in [0.05, 0.1) is 20.8 Å². The number of non-ortho nitro benzene ring substituents is 2. The number of nitrogens with one attached hydrogen (secondary N) is 1. The quantitative estimate of drug-likeness (QED) is 0.660. The van der Waals surface area contributed by atoms with Gasteiger partial charge >= 0.3 is 0 Å². The van der Waals surface area contributed by atoms with Crippen molar-refractivity contribution in [1.82, 2.24) is 0 Å². The third-order valence-electron chi connectivity index (χ3n) is 2.75. The highest BCUT2D eigenvalue weighted by atomic mass is 16.6. The fourth-order valence-electron chi connectivity index (χ4n) is 1.71. The fraction of sp³-hybridized carbons (Fsp3) is 0. The van der Waals surface area contributed by atoms with Gasteiger partial charge in [-0.05, 0) is 18.2 Å². The predicted molar refractivity (Wildman–Crippen MR) is 76.1 cm³/mol. The van der Waals surface area contributed by atoms with Crippen LogP contribution in [-0.4, -0.2) is 14.8 Å². The zero-order valence-electron chi connectivity index (χ0n) is 10.8. The van der Waals surface area contributed by atoms with Gasteiger partial charge in [0, 0.05) is 23.9 Å². The van der Waals surface area contributed by atoms with Crippen LogP contribution in [0, 0.1) is 30.3 Å². The standard InChI is InChI=1S/C12H8N4O6/c17-14(18)9-3-1-8(2-4-9)13-11-6-5-10(15(19)20)7-12(11)16(21)22/h1-7,13H. The molecule has 2 aromatic rings. The number of rotatable bonds is 5. The van der Waals surface area contributed by atoms with Gasteiger partial charge in [0.25, 0.3) is 17.1 Å². The summed E-state index contributed by atoms with van der Waals surface area (Å²) in [6.45, 7) is 0. The summed E-state index contributed by atoms with van der Waals surface area (Å²) in [4.78, 5) is 30.1. The largest absolute Gasteiger partial charge is 0.350 e. The van der Waals surface area contributed by atoms with Crippen LogP contribution in [0.2, 0.25) is 0 Å². The normalized spacial score (nSPS) is 10.0. The molecule has 0 aromatic heterocycles. The summed E-state index contributed by atoms with van der Waals surface area (Å²) >= 11 is 0. The number of nitro benzene ring substituents is 3. The van der Waals surface area contributed by atoms with Crippen molar-refractivity contribution in [3.05, 3.63) is 72.8 Å². The van der Waals surface area contributed by atoms with Crippen LogP contribution in [-0.2, 0) is 0 Å². The molecule has 2 aromatic carbocycles. The van der Waals surface area contributed by atoms with Gasteiger partial charge in [-0.2, -0.15) is 0 Å². The molecule has 0 unspecified atom stereocenters. The Morgan fingerprint density at radius 1 is 0.727 bits per heavy atom. The second-order valence-electron chi connectivity index (χ2n) is 4.14. The van der Waals surface area contributed by atoms with Crippen molar-refractivity contribution in [1.29, 1.82) is 0 Å². The second-order valence-corrected chi connectivity index (χ2v) is 4.14. The highest BCUT2D eigenvalue weighted by Crippen LogP contribution is 2.31. The molecule has 0 spiro atoms. The van der Waals surface area contributed by atoms with Crippen molar-refractivity contribution in [3.63, 3.8) is 0 Å². The van der Waals surface area contributed by atoms with Crippen LogP contribution in [0.5, 0.6) is 0 Å². The first-order chi connectivity index (χ1) is 10.4. The molecule has 112 valence electrons. The molecule has 10 heteroatoms. The number of benzene rings is 2.